The largest absolute Gasteiger partial charge is 0.192 e. The van der Waals surface area contributed by atoms with Gasteiger partial charge in [-0.05, 0) is 30.2 Å². The van der Waals surface area contributed by atoms with Gasteiger partial charge in [-0.3, -0.25) is 0 Å². The summed E-state index contributed by atoms with van der Waals surface area (Å²) in [6.45, 7) is 2.03. The van der Waals surface area contributed by atoms with E-state index in [1.807, 2.05) is 19.1 Å². The average Bonchev–Trinajstić information content (AvgIpc) is 2.16. The Morgan fingerprint density at radius 1 is 1.50 bits per heavy atom. The zero-order valence-corrected chi connectivity index (χ0v) is 6.96. The molecule has 1 nitrogen and oxygen atoms in total. The van der Waals surface area contributed by atoms with Crippen LogP contribution in [0, 0.1) is 23.7 Å². The van der Waals surface area contributed by atoms with Gasteiger partial charge in [0.05, 0.1) is 11.6 Å². The molecular formula is C11H9N. The van der Waals surface area contributed by atoms with Gasteiger partial charge < -0.3 is 0 Å². The minimum atomic E-state index is 0.672. The highest BCUT2D eigenvalue weighted by Crippen LogP contribution is 2.10. The maximum atomic E-state index is 8.62. The van der Waals surface area contributed by atoms with Crippen LogP contribution in [0.15, 0.2) is 18.2 Å². The maximum Gasteiger partial charge on any atom is 0.0991 e. The monoisotopic (exact) mass is 155 g/mol. The molecule has 0 spiro atoms. The van der Waals surface area contributed by atoms with E-state index in [9.17, 15) is 0 Å². The topological polar surface area (TPSA) is 23.8 Å². The fraction of sp³-hybridized carbons (Fsp3) is 0.182. The Labute approximate surface area is 72.6 Å². The number of hydrogen-bond acceptors (Lipinski definition) is 1. The second kappa shape index (κ2) is 3.60. The third-order valence-electron chi connectivity index (χ3n) is 1.77. The van der Waals surface area contributed by atoms with E-state index in [1.54, 1.807) is 6.07 Å². The Bertz CT molecular complexity index is 364. The highest BCUT2D eigenvalue weighted by atomic mass is 14.2. The predicted molar refractivity (Wildman–Crippen MR) is 48.5 cm³/mol. The van der Waals surface area contributed by atoms with Crippen LogP contribution in [0.5, 0.6) is 0 Å². The summed E-state index contributed by atoms with van der Waals surface area (Å²) in [6.07, 6.45) is 6.15. The number of nitriles is 1. The van der Waals surface area contributed by atoms with Crippen molar-refractivity contribution in [3.63, 3.8) is 0 Å². The van der Waals surface area contributed by atoms with Crippen molar-refractivity contribution in [3.05, 3.63) is 34.9 Å². The van der Waals surface area contributed by atoms with E-state index in [4.69, 9.17) is 11.7 Å². The number of rotatable bonds is 1. The van der Waals surface area contributed by atoms with E-state index in [0.29, 0.717) is 5.56 Å². The van der Waals surface area contributed by atoms with Gasteiger partial charge in [0.25, 0.3) is 0 Å². The molecule has 0 aliphatic rings. The smallest absolute Gasteiger partial charge is 0.0991 e. The summed E-state index contributed by atoms with van der Waals surface area (Å²) in [5.74, 6) is 2.59. The highest BCUT2D eigenvalue weighted by Gasteiger charge is 1.98. The molecule has 0 aromatic heterocycles. The minimum Gasteiger partial charge on any atom is -0.192 e. The summed E-state index contributed by atoms with van der Waals surface area (Å²) in [6, 6.07) is 7.49. The summed E-state index contributed by atoms with van der Waals surface area (Å²) < 4.78 is 0. The van der Waals surface area contributed by atoms with Crippen LogP contribution < -0.4 is 0 Å². The number of aryl methyl sites for hydroxylation is 1. The lowest BCUT2D eigenvalue weighted by Crippen LogP contribution is -1.88. The lowest BCUT2D eigenvalue weighted by atomic mass is 10.0. The molecule has 0 bridgehead atoms. The first kappa shape index (κ1) is 8.37. The zero-order chi connectivity index (χ0) is 8.97. The van der Waals surface area contributed by atoms with Crippen LogP contribution in [0.25, 0.3) is 0 Å². The van der Waals surface area contributed by atoms with Gasteiger partial charge >= 0.3 is 0 Å². The zero-order valence-electron chi connectivity index (χ0n) is 6.96. The van der Waals surface area contributed by atoms with Crippen molar-refractivity contribution in [2.75, 3.05) is 0 Å². The number of terminal acetylenes is 1. The molecule has 12 heavy (non-hydrogen) atoms. The fourth-order valence-corrected chi connectivity index (χ4v) is 1.10. The van der Waals surface area contributed by atoms with E-state index >= 15 is 0 Å². The van der Waals surface area contributed by atoms with E-state index in [0.717, 1.165) is 17.5 Å². The fourth-order valence-electron chi connectivity index (χ4n) is 1.10. The summed E-state index contributed by atoms with van der Waals surface area (Å²) in [5.41, 5.74) is 2.62. The van der Waals surface area contributed by atoms with E-state index in [-0.39, 0.29) is 0 Å². The van der Waals surface area contributed by atoms with Gasteiger partial charge in [-0.2, -0.15) is 5.26 Å². The number of hydrogen-bond donors (Lipinski definition) is 0. The lowest BCUT2D eigenvalue weighted by molar-refractivity contribution is 1.13. The van der Waals surface area contributed by atoms with Crippen molar-refractivity contribution < 1.29 is 0 Å². The minimum absolute atomic E-state index is 0.672. The Kier molecular flexibility index (Phi) is 2.51. The first-order valence-corrected chi connectivity index (χ1v) is 3.81. The van der Waals surface area contributed by atoms with E-state index < -0.39 is 0 Å². The molecule has 0 amide bonds. The first-order chi connectivity index (χ1) is 5.81. The molecule has 1 rings (SSSR count). The molecule has 0 unspecified atom stereocenters. The van der Waals surface area contributed by atoms with Crippen molar-refractivity contribution in [3.8, 4) is 18.4 Å². The quantitative estimate of drug-likeness (QED) is 0.570. The van der Waals surface area contributed by atoms with Crippen LogP contribution in [-0.4, -0.2) is 0 Å². The standard InChI is InChI=1S/C11H9N/c1-3-10-6-5-9(8-12)7-11(10)4-2/h1,5-7H,4H2,2H3. The van der Waals surface area contributed by atoms with Gasteiger partial charge in [-0.1, -0.05) is 12.8 Å². The maximum absolute atomic E-state index is 8.62. The highest BCUT2D eigenvalue weighted by molar-refractivity contribution is 5.45. The van der Waals surface area contributed by atoms with E-state index in [2.05, 4.69) is 12.0 Å². The Balaban J connectivity index is 3.24. The molecular weight excluding hydrogens is 146 g/mol. The first-order valence-electron chi connectivity index (χ1n) is 3.81. The normalized spacial score (nSPS) is 8.58. The molecule has 0 saturated heterocycles. The summed E-state index contributed by atoms with van der Waals surface area (Å²) >= 11 is 0. The average molecular weight is 155 g/mol. The third kappa shape index (κ3) is 1.47. The summed E-state index contributed by atoms with van der Waals surface area (Å²) in [7, 11) is 0. The molecule has 1 heteroatoms. The molecule has 0 aliphatic carbocycles. The van der Waals surface area contributed by atoms with Gasteiger partial charge in [0.2, 0.25) is 0 Å². The molecule has 0 saturated carbocycles. The van der Waals surface area contributed by atoms with Gasteiger partial charge in [0.15, 0.2) is 0 Å². The molecule has 0 radical (unpaired) electrons. The van der Waals surface area contributed by atoms with Gasteiger partial charge in [-0.25, -0.2) is 0 Å². The van der Waals surface area contributed by atoms with Crippen molar-refractivity contribution in [2.24, 2.45) is 0 Å². The molecule has 0 atom stereocenters. The molecule has 0 fully saturated rings. The second-order valence-corrected chi connectivity index (χ2v) is 2.48. The van der Waals surface area contributed by atoms with Crippen molar-refractivity contribution in [2.45, 2.75) is 13.3 Å². The second-order valence-electron chi connectivity index (χ2n) is 2.48. The summed E-state index contributed by atoms with van der Waals surface area (Å²) in [5, 5.41) is 8.62. The van der Waals surface area contributed by atoms with Crippen LogP contribution in [-0.2, 0) is 6.42 Å². The third-order valence-corrected chi connectivity index (χ3v) is 1.77. The number of benzene rings is 1. The lowest BCUT2D eigenvalue weighted by Gasteiger charge is -2.00. The SMILES string of the molecule is C#Cc1ccc(C#N)cc1CC. The van der Waals surface area contributed by atoms with Crippen LogP contribution >= 0.6 is 0 Å². The van der Waals surface area contributed by atoms with Gasteiger partial charge in [-0.15, -0.1) is 6.42 Å². The molecule has 1 aromatic carbocycles. The molecule has 0 aliphatic heterocycles. The predicted octanol–water partition coefficient (Wildman–Crippen LogP) is 2.10. The van der Waals surface area contributed by atoms with Crippen LogP contribution in [0.1, 0.15) is 23.6 Å². The van der Waals surface area contributed by atoms with Crippen LogP contribution in [0.3, 0.4) is 0 Å². The Morgan fingerprint density at radius 3 is 2.75 bits per heavy atom. The Morgan fingerprint density at radius 2 is 2.25 bits per heavy atom. The van der Waals surface area contributed by atoms with Crippen molar-refractivity contribution >= 4 is 0 Å². The van der Waals surface area contributed by atoms with Crippen LogP contribution in [0.4, 0.5) is 0 Å². The Hall–Kier alpha value is -1.73. The van der Waals surface area contributed by atoms with Crippen molar-refractivity contribution in [1.29, 1.82) is 5.26 Å². The van der Waals surface area contributed by atoms with Gasteiger partial charge in [0.1, 0.15) is 0 Å². The molecule has 58 valence electrons. The molecule has 1 aromatic rings. The van der Waals surface area contributed by atoms with Crippen LogP contribution in [0.2, 0.25) is 0 Å². The summed E-state index contributed by atoms with van der Waals surface area (Å²) in [4.78, 5) is 0. The van der Waals surface area contributed by atoms with E-state index in [1.165, 1.54) is 0 Å². The number of nitrogens with zero attached hydrogens (tertiary/aromatic N) is 1. The van der Waals surface area contributed by atoms with Gasteiger partial charge in [0, 0.05) is 5.56 Å². The van der Waals surface area contributed by atoms with Crippen molar-refractivity contribution in [1.82, 2.24) is 0 Å². The molecule has 0 heterocycles. The molecule has 0 N–H and O–H groups in total.